The summed E-state index contributed by atoms with van der Waals surface area (Å²) < 4.78 is 6.74. The molecule has 0 aliphatic heterocycles. The van der Waals surface area contributed by atoms with Crippen LogP contribution in [0.3, 0.4) is 0 Å². The fourth-order valence-electron chi connectivity index (χ4n) is 3.13. The minimum Gasteiger partial charge on any atom is -0.446 e. The van der Waals surface area contributed by atoms with Crippen molar-refractivity contribution >= 4 is 22.9 Å². The van der Waals surface area contributed by atoms with Crippen LogP contribution >= 0.6 is 0 Å². The number of aromatic nitrogens is 3. The molecule has 134 valence electrons. The van der Waals surface area contributed by atoms with E-state index in [1.54, 1.807) is 26.0 Å². The number of para-hydroxylation sites is 1. The third-order valence-corrected chi connectivity index (χ3v) is 4.63. The van der Waals surface area contributed by atoms with E-state index in [-0.39, 0.29) is 5.91 Å². The third kappa shape index (κ3) is 3.38. The summed E-state index contributed by atoms with van der Waals surface area (Å²) in [4.78, 5) is 25.8. The van der Waals surface area contributed by atoms with Crippen molar-refractivity contribution < 1.29 is 14.3 Å². The van der Waals surface area contributed by atoms with Gasteiger partial charge in [0.15, 0.2) is 5.60 Å². The van der Waals surface area contributed by atoms with Gasteiger partial charge in [-0.3, -0.25) is 9.59 Å². The highest BCUT2D eigenvalue weighted by Gasteiger charge is 2.39. The Balaban J connectivity index is 1.92. The molecule has 0 radical (unpaired) electrons. The van der Waals surface area contributed by atoms with Crippen LogP contribution in [0.15, 0.2) is 35.9 Å². The van der Waals surface area contributed by atoms with E-state index >= 15 is 0 Å². The SMILES string of the molecule is C#CC(C)(C)OC(=O)[C@@H]1CC(C)=CC[C@H]1C(=O)n1nnc2ccccc21. The van der Waals surface area contributed by atoms with Gasteiger partial charge < -0.3 is 4.74 Å². The molecular formula is C20H21N3O3. The Labute approximate surface area is 152 Å². The topological polar surface area (TPSA) is 74.1 Å². The second-order valence-electron chi connectivity index (χ2n) is 7.11. The largest absolute Gasteiger partial charge is 0.446 e. The number of esters is 1. The van der Waals surface area contributed by atoms with Gasteiger partial charge in [-0.05, 0) is 45.7 Å². The Morgan fingerprint density at radius 1 is 1.31 bits per heavy atom. The van der Waals surface area contributed by atoms with Gasteiger partial charge >= 0.3 is 5.97 Å². The van der Waals surface area contributed by atoms with E-state index in [2.05, 4.69) is 16.2 Å². The van der Waals surface area contributed by atoms with Gasteiger partial charge in [0, 0.05) is 0 Å². The molecule has 6 heteroatoms. The molecule has 0 spiro atoms. The first-order valence-corrected chi connectivity index (χ1v) is 8.53. The lowest BCUT2D eigenvalue weighted by molar-refractivity contribution is -0.158. The summed E-state index contributed by atoms with van der Waals surface area (Å²) >= 11 is 0. The van der Waals surface area contributed by atoms with Crippen molar-refractivity contribution in [2.75, 3.05) is 0 Å². The molecule has 0 saturated heterocycles. The molecule has 1 aliphatic carbocycles. The predicted molar refractivity (Wildman–Crippen MR) is 97.1 cm³/mol. The van der Waals surface area contributed by atoms with Crippen molar-refractivity contribution in [1.29, 1.82) is 0 Å². The molecule has 1 aromatic heterocycles. The fourth-order valence-corrected chi connectivity index (χ4v) is 3.13. The van der Waals surface area contributed by atoms with E-state index < -0.39 is 23.4 Å². The van der Waals surface area contributed by atoms with Crippen molar-refractivity contribution in [3.8, 4) is 12.3 Å². The quantitative estimate of drug-likeness (QED) is 0.483. The van der Waals surface area contributed by atoms with Crippen molar-refractivity contribution in [2.24, 2.45) is 11.8 Å². The number of fused-ring (bicyclic) bond motifs is 1. The van der Waals surface area contributed by atoms with Gasteiger partial charge in [-0.1, -0.05) is 34.9 Å². The number of hydrogen-bond donors (Lipinski definition) is 0. The van der Waals surface area contributed by atoms with Crippen molar-refractivity contribution in [3.63, 3.8) is 0 Å². The first-order valence-electron chi connectivity index (χ1n) is 8.53. The minimum atomic E-state index is -1.01. The van der Waals surface area contributed by atoms with Gasteiger partial charge in [-0.25, -0.2) is 0 Å². The maximum Gasteiger partial charge on any atom is 0.311 e. The van der Waals surface area contributed by atoms with Crippen LogP contribution in [0.5, 0.6) is 0 Å². The minimum absolute atomic E-state index is 0.261. The molecule has 1 aromatic carbocycles. The lowest BCUT2D eigenvalue weighted by Crippen LogP contribution is -2.39. The Bertz CT molecular complexity index is 933. The average Bonchev–Trinajstić information content (AvgIpc) is 3.05. The highest BCUT2D eigenvalue weighted by molar-refractivity contribution is 5.93. The molecule has 0 unspecified atom stereocenters. The molecule has 0 amide bonds. The average molecular weight is 351 g/mol. The van der Waals surface area contributed by atoms with Crippen LogP contribution in [-0.2, 0) is 9.53 Å². The third-order valence-electron chi connectivity index (χ3n) is 4.63. The van der Waals surface area contributed by atoms with Gasteiger partial charge in [0.25, 0.3) is 5.91 Å². The van der Waals surface area contributed by atoms with Crippen molar-refractivity contribution in [2.45, 2.75) is 39.2 Å². The number of allylic oxidation sites excluding steroid dienone is 2. The molecule has 2 aromatic rings. The molecule has 0 fully saturated rings. The molecule has 6 nitrogen and oxygen atoms in total. The molecule has 2 atom stereocenters. The molecular weight excluding hydrogens is 330 g/mol. The molecule has 0 N–H and O–H groups in total. The number of benzene rings is 1. The number of hydrogen-bond acceptors (Lipinski definition) is 5. The van der Waals surface area contributed by atoms with Crippen LogP contribution in [0.4, 0.5) is 0 Å². The second kappa shape index (κ2) is 6.75. The highest BCUT2D eigenvalue weighted by atomic mass is 16.6. The van der Waals surface area contributed by atoms with Crippen molar-refractivity contribution in [3.05, 3.63) is 35.9 Å². The Kier molecular flexibility index (Phi) is 4.64. The molecule has 26 heavy (non-hydrogen) atoms. The number of carbonyl (C=O) groups is 2. The molecule has 0 saturated carbocycles. The van der Waals surface area contributed by atoms with Gasteiger partial charge in [-0.15, -0.1) is 11.5 Å². The summed E-state index contributed by atoms with van der Waals surface area (Å²) in [5.41, 5.74) is 1.30. The molecule has 1 heterocycles. The Hall–Kier alpha value is -2.94. The van der Waals surface area contributed by atoms with E-state index in [9.17, 15) is 9.59 Å². The molecule has 3 rings (SSSR count). The van der Waals surface area contributed by atoms with E-state index in [1.807, 2.05) is 25.1 Å². The summed E-state index contributed by atoms with van der Waals surface area (Å²) in [5, 5.41) is 8.01. The van der Waals surface area contributed by atoms with Gasteiger partial charge in [0.1, 0.15) is 5.52 Å². The van der Waals surface area contributed by atoms with Gasteiger partial charge in [0.05, 0.1) is 17.4 Å². The number of nitrogens with zero attached hydrogens (tertiary/aromatic N) is 3. The van der Waals surface area contributed by atoms with E-state index in [1.165, 1.54) is 4.68 Å². The van der Waals surface area contributed by atoms with Crippen LogP contribution < -0.4 is 0 Å². The summed E-state index contributed by atoms with van der Waals surface area (Å²) in [6.45, 7) is 5.24. The Morgan fingerprint density at radius 3 is 2.77 bits per heavy atom. The van der Waals surface area contributed by atoms with E-state index in [0.29, 0.717) is 23.9 Å². The summed E-state index contributed by atoms with van der Waals surface area (Å²) in [6, 6.07) is 7.23. The maximum atomic E-state index is 13.1. The Morgan fingerprint density at radius 2 is 2.04 bits per heavy atom. The summed E-state index contributed by atoms with van der Waals surface area (Å²) in [5.74, 6) is 0.572. The number of carbonyl (C=O) groups excluding carboxylic acids is 2. The molecule has 0 bridgehead atoms. The summed E-state index contributed by atoms with van der Waals surface area (Å²) in [7, 11) is 0. The van der Waals surface area contributed by atoms with Crippen LogP contribution in [0.2, 0.25) is 0 Å². The normalized spacial score (nSPS) is 20.3. The van der Waals surface area contributed by atoms with Crippen LogP contribution in [0.1, 0.15) is 38.4 Å². The highest BCUT2D eigenvalue weighted by Crippen LogP contribution is 2.33. The first-order chi connectivity index (χ1) is 12.3. The van der Waals surface area contributed by atoms with Crippen LogP contribution in [0, 0.1) is 24.2 Å². The summed E-state index contributed by atoms with van der Waals surface area (Å²) in [6.07, 6.45) is 8.32. The van der Waals surface area contributed by atoms with Crippen LogP contribution in [-0.4, -0.2) is 32.5 Å². The van der Waals surface area contributed by atoms with E-state index in [4.69, 9.17) is 11.2 Å². The fraction of sp³-hybridized carbons (Fsp3) is 0.400. The first kappa shape index (κ1) is 17.9. The number of rotatable bonds is 3. The lowest BCUT2D eigenvalue weighted by Gasteiger charge is -2.30. The predicted octanol–water partition coefficient (Wildman–Crippen LogP) is 3.00. The van der Waals surface area contributed by atoms with E-state index in [0.717, 1.165) is 5.57 Å². The monoisotopic (exact) mass is 351 g/mol. The van der Waals surface area contributed by atoms with Gasteiger partial charge in [-0.2, -0.15) is 4.68 Å². The zero-order valence-electron chi connectivity index (χ0n) is 15.1. The maximum absolute atomic E-state index is 13.1. The smallest absolute Gasteiger partial charge is 0.311 e. The van der Waals surface area contributed by atoms with Crippen LogP contribution in [0.25, 0.3) is 11.0 Å². The number of terminal acetylenes is 1. The zero-order chi connectivity index (χ0) is 18.9. The van der Waals surface area contributed by atoms with Gasteiger partial charge in [0.2, 0.25) is 0 Å². The lowest BCUT2D eigenvalue weighted by atomic mass is 9.79. The second-order valence-corrected chi connectivity index (χ2v) is 7.11. The zero-order valence-corrected chi connectivity index (χ0v) is 15.1. The van der Waals surface area contributed by atoms with Crippen molar-refractivity contribution in [1.82, 2.24) is 15.0 Å². The standard InChI is InChI=1S/C20H21N3O3/c1-5-20(3,4)26-19(25)15-12-13(2)10-11-14(15)18(24)23-17-9-7-6-8-16(17)21-22-23/h1,6-10,14-15H,11-12H2,2-4H3/t14-,15-/m1/s1. The molecule has 1 aliphatic rings. The number of ether oxygens (including phenoxy) is 1.